The van der Waals surface area contributed by atoms with E-state index in [-0.39, 0.29) is 10.8 Å². The lowest BCUT2D eigenvalue weighted by Gasteiger charge is -2.31. The van der Waals surface area contributed by atoms with Crippen molar-refractivity contribution in [1.82, 2.24) is 14.5 Å². The van der Waals surface area contributed by atoms with Gasteiger partial charge < -0.3 is 4.74 Å². The summed E-state index contributed by atoms with van der Waals surface area (Å²) in [5.74, 6) is 1.02. The first kappa shape index (κ1) is 20.2. The maximum Gasteiger partial charge on any atom is 0.246 e. The summed E-state index contributed by atoms with van der Waals surface area (Å²) in [7, 11) is -2.12. The van der Waals surface area contributed by atoms with Gasteiger partial charge in [0.05, 0.1) is 7.11 Å². The molecule has 8 heteroatoms. The Hall–Kier alpha value is -1.51. The van der Waals surface area contributed by atoms with E-state index in [1.807, 2.05) is 13.0 Å². The molecular weight excluding hydrogens is 382 g/mol. The van der Waals surface area contributed by atoms with Crippen molar-refractivity contribution in [2.24, 2.45) is 5.92 Å². The quantitative estimate of drug-likeness (QED) is 0.729. The third kappa shape index (κ3) is 4.50. The van der Waals surface area contributed by atoms with Crippen molar-refractivity contribution in [2.75, 3.05) is 20.2 Å². The van der Waals surface area contributed by atoms with Gasteiger partial charge in [0.2, 0.25) is 10.0 Å². The van der Waals surface area contributed by atoms with Crippen molar-refractivity contribution < 1.29 is 13.2 Å². The van der Waals surface area contributed by atoms with Crippen LogP contribution in [0.3, 0.4) is 0 Å². The summed E-state index contributed by atoms with van der Waals surface area (Å²) < 4.78 is 33.4. The number of hydrogen-bond donors (Lipinski definition) is 0. The van der Waals surface area contributed by atoms with Crippen LogP contribution in [0.5, 0.6) is 5.75 Å². The van der Waals surface area contributed by atoms with Gasteiger partial charge in [0, 0.05) is 25.4 Å². The fraction of sp³-hybridized carbons (Fsp3) is 0.579. The summed E-state index contributed by atoms with van der Waals surface area (Å²) in [4.78, 5) is 0.239. The number of aromatic nitrogens is 2. The second kappa shape index (κ2) is 8.24. The topological polar surface area (TPSA) is 72.4 Å². The Kier molecular flexibility index (Phi) is 6.18. The zero-order valence-corrected chi connectivity index (χ0v) is 17.9. The fourth-order valence-electron chi connectivity index (χ4n) is 3.35. The normalized spacial score (nSPS) is 18.8. The van der Waals surface area contributed by atoms with Crippen molar-refractivity contribution in [1.29, 1.82) is 0 Å². The van der Waals surface area contributed by atoms with Crippen LogP contribution in [0.2, 0.25) is 0 Å². The molecule has 0 amide bonds. The van der Waals surface area contributed by atoms with Gasteiger partial charge in [-0.2, -0.15) is 4.31 Å². The van der Waals surface area contributed by atoms with Crippen LogP contribution >= 0.6 is 11.3 Å². The molecular formula is C19H27N3O3S2. The van der Waals surface area contributed by atoms with Crippen LogP contribution in [-0.2, 0) is 16.4 Å². The Morgan fingerprint density at radius 1 is 1.33 bits per heavy atom. The van der Waals surface area contributed by atoms with Crippen LogP contribution in [0.4, 0.5) is 0 Å². The number of sulfonamides is 1. The molecule has 1 aliphatic rings. The van der Waals surface area contributed by atoms with E-state index in [1.165, 1.54) is 7.11 Å². The predicted molar refractivity (Wildman–Crippen MR) is 107 cm³/mol. The number of piperidine rings is 1. The monoisotopic (exact) mass is 409 g/mol. The molecule has 1 fully saturated rings. The zero-order valence-electron chi connectivity index (χ0n) is 16.3. The van der Waals surface area contributed by atoms with E-state index in [0.717, 1.165) is 34.8 Å². The van der Waals surface area contributed by atoms with Gasteiger partial charge in [0.1, 0.15) is 20.7 Å². The molecule has 0 aliphatic carbocycles. The van der Waals surface area contributed by atoms with E-state index in [1.54, 1.807) is 27.8 Å². The first-order valence-electron chi connectivity index (χ1n) is 9.28. The molecule has 0 spiro atoms. The van der Waals surface area contributed by atoms with Gasteiger partial charge >= 0.3 is 0 Å². The number of methoxy groups -OCH3 is 1. The standard InChI is InChI=1S/C19H27N3O3S2/c1-13(2)10-18-20-21-19(26-18)15-6-5-9-22(12-15)27(23,24)17-11-14(3)7-8-16(17)25-4/h7-8,11,13,15H,5-6,9-10,12H2,1-4H3. The summed E-state index contributed by atoms with van der Waals surface area (Å²) >= 11 is 1.62. The average Bonchev–Trinajstić information content (AvgIpc) is 3.09. The number of nitrogens with zero attached hydrogens (tertiary/aromatic N) is 3. The smallest absolute Gasteiger partial charge is 0.246 e. The minimum atomic E-state index is -3.62. The molecule has 0 radical (unpaired) electrons. The third-order valence-electron chi connectivity index (χ3n) is 4.74. The highest BCUT2D eigenvalue weighted by Gasteiger charge is 2.34. The van der Waals surface area contributed by atoms with Crippen molar-refractivity contribution in [3.05, 3.63) is 33.8 Å². The summed E-state index contributed by atoms with van der Waals surface area (Å²) in [6.07, 6.45) is 2.66. The van der Waals surface area contributed by atoms with Crippen LogP contribution in [0.15, 0.2) is 23.1 Å². The molecule has 1 unspecified atom stereocenters. The number of benzene rings is 1. The number of aryl methyl sites for hydroxylation is 1. The van der Waals surface area contributed by atoms with Crippen molar-refractivity contribution in [3.63, 3.8) is 0 Å². The minimum absolute atomic E-state index is 0.0998. The third-order valence-corrected chi connectivity index (χ3v) is 7.73. The molecule has 1 atom stereocenters. The fourth-order valence-corrected chi connectivity index (χ4v) is 6.29. The molecule has 6 nitrogen and oxygen atoms in total. The van der Waals surface area contributed by atoms with Gasteiger partial charge in [-0.1, -0.05) is 19.9 Å². The molecule has 1 aromatic carbocycles. The van der Waals surface area contributed by atoms with Crippen molar-refractivity contribution in [3.8, 4) is 5.75 Å². The van der Waals surface area contributed by atoms with E-state index in [4.69, 9.17) is 4.74 Å². The average molecular weight is 410 g/mol. The van der Waals surface area contributed by atoms with Crippen molar-refractivity contribution in [2.45, 2.75) is 50.8 Å². The van der Waals surface area contributed by atoms with Crippen LogP contribution in [0.25, 0.3) is 0 Å². The van der Waals surface area contributed by atoms with Crippen LogP contribution in [-0.4, -0.2) is 43.1 Å². The Bertz CT molecular complexity index is 893. The van der Waals surface area contributed by atoms with Gasteiger partial charge in [-0.05, 0) is 43.4 Å². The van der Waals surface area contributed by atoms with Crippen LogP contribution < -0.4 is 4.74 Å². The van der Waals surface area contributed by atoms with Gasteiger partial charge in [-0.15, -0.1) is 21.5 Å². The SMILES string of the molecule is COc1ccc(C)cc1S(=O)(=O)N1CCCC(c2nnc(CC(C)C)s2)C1. The molecule has 0 bridgehead atoms. The highest BCUT2D eigenvalue weighted by Crippen LogP contribution is 2.34. The molecule has 0 N–H and O–H groups in total. The molecule has 1 aliphatic heterocycles. The maximum atomic E-state index is 13.3. The second-order valence-electron chi connectivity index (χ2n) is 7.49. The minimum Gasteiger partial charge on any atom is -0.495 e. The van der Waals surface area contributed by atoms with E-state index >= 15 is 0 Å². The molecule has 1 saturated heterocycles. The molecule has 2 aromatic rings. The van der Waals surface area contributed by atoms with Crippen molar-refractivity contribution >= 4 is 21.4 Å². The largest absolute Gasteiger partial charge is 0.495 e. The van der Waals surface area contributed by atoms with Gasteiger partial charge in [0.15, 0.2) is 0 Å². The van der Waals surface area contributed by atoms with Gasteiger partial charge in [0.25, 0.3) is 0 Å². The Balaban J connectivity index is 1.83. The lowest BCUT2D eigenvalue weighted by Crippen LogP contribution is -2.39. The first-order chi connectivity index (χ1) is 12.8. The highest BCUT2D eigenvalue weighted by atomic mass is 32.2. The Morgan fingerprint density at radius 3 is 2.81 bits per heavy atom. The molecule has 1 aromatic heterocycles. The summed E-state index contributed by atoms with van der Waals surface area (Å²) in [6, 6.07) is 5.25. The number of hydrogen-bond acceptors (Lipinski definition) is 6. The second-order valence-corrected chi connectivity index (χ2v) is 10.5. The van der Waals surface area contributed by atoms with Gasteiger partial charge in [-0.25, -0.2) is 8.42 Å². The first-order valence-corrected chi connectivity index (χ1v) is 11.5. The molecule has 0 saturated carbocycles. The number of rotatable bonds is 6. The van der Waals surface area contributed by atoms with E-state index in [9.17, 15) is 8.42 Å². The van der Waals surface area contributed by atoms with Crippen LogP contribution in [0, 0.1) is 12.8 Å². The Labute approximate surface area is 165 Å². The Morgan fingerprint density at radius 2 is 2.11 bits per heavy atom. The summed E-state index contributed by atoms with van der Waals surface area (Å²) in [5.41, 5.74) is 0.894. The molecule has 3 rings (SSSR count). The molecule has 148 valence electrons. The molecule has 2 heterocycles. The summed E-state index contributed by atoms with van der Waals surface area (Å²) in [5, 5.41) is 10.6. The van der Waals surface area contributed by atoms with E-state index in [2.05, 4.69) is 24.0 Å². The number of ether oxygens (including phenoxy) is 1. The predicted octanol–water partition coefficient (Wildman–Crippen LogP) is 3.62. The lowest BCUT2D eigenvalue weighted by atomic mass is 10.0. The molecule has 27 heavy (non-hydrogen) atoms. The maximum absolute atomic E-state index is 13.3. The van der Waals surface area contributed by atoms with E-state index in [0.29, 0.717) is 24.8 Å². The van der Waals surface area contributed by atoms with E-state index < -0.39 is 10.0 Å². The van der Waals surface area contributed by atoms with Crippen LogP contribution in [0.1, 0.15) is 48.2 Å². The van der Waals surface area contributed by atoms with Gasteiger partial charge in [-0.3, -0.25) is 0 Å². The lowest BCUT2D eigenvalue weighted by molar-refractivity contribution is 0.312. The summed E-state index contributed by atoms with van der Waals surface area (Å²) in [6.45, 7) is 7.16. The highest BCUT2D eigenvalue weighted by molar-refractivity contribution is 7.89. The zero-order chi connectivity index (χ0) is 19.6.